The largest absolute Gasteiger partial charge is 0.375 e. The molecule has 5 rings (SSSR count). The molecule has 0 aliphatic carbocycles. The molecule has 4 heterocycles. The van der Waals surface area contributed by atoms with Gasteiger partial charge in [0.05, 0.1) is 46.7 Å². The molecular weight excluding hydrogens is 528 g/mol. The number of morpholine rings is 1. The highest BCUT2D eigenvalue weighted by atomic mass is 32.2. The van der Waals surface area contributed by atoms with Gasteiger partial charge in [-0.2, -0.15) is 8.78 Å². The van der Waals surface area contributed by atoms with E-state index in [0.29, 0.717) is 23.5 Å². The van der Waals surface area contributed by atoms with Crippen LogP contribution in [0.1, 0.15) is 24.4 Å². The van der Waals surface area contributed by atoms with Crippen LogP contribution >= 0.6 is 0 Å². The van der Waals surface area contributed by atoms with E-state index in [-0.39, 0.29) is 19.6 Å². The van der Waals surface area contributed by atoms with Crippen LogP contribution in [0, 0.1) is 0 Å². The minimum Gasteiger partial charge on any atom is -0.375 e. The van der Waals surface area contributed by atoms with Gasteiger partial charge < -0.3 is 15.0 Å². The average Bonchev–Trinajstić information content (AvgIpc) is 2.95. The first-order valence-electron chi connectivity index (χ1n) is 12.2. The van der Waals surface area contributed by atoms with E-state index in [1.54, 1.807) is 12.3 Å². The number of carbonyl (C=O) groups excluding carboxylic acids is 1. The van der Waals surface area contributed by atoms with Crippen molar-refractivity contribution in [3.05, 3.63) is 78.1 Å². The number of hydrogen-bond acceptors (Lipinski definition) is 8. The lowest BCUT2D eigenvalue weighted by Gasteiger charge is -2.32. The van der Waals surface area contributed by atoms with Crippen LogP contribution in [-0.4, -0.2) is 60.8 Å². The monoisotopic (exact) mass is 555 g/mol. The molecule has 4 aromatic rings. The number of sulfone groups is 1. The minimum atomic E-state index is -4.81. The van der Waals surface area contributed by atoms with Crippen molar-refractivity contribution >= 4 is 32.5 Å². The van der Waals surface area contributed by atoms with Crippen LogP contribution in [0.15, 0.2) is 71.8 Å². The molecule has 1 aliphatic heterocycles. The number of hydrogen-bond donors (Lipinski definition) is 1. The summed E-state index contributed by atoms with van der Waals surface area (Å²) < 4.78 is 54.9. The van der Waals surface area contributed by atoms with Crippen LogP contribution < -0.4 is 10.2 Å². The number of amides is 1. The molecule has 9 nitrogen and oxygen atoms in total. The van der Waals surface area contributed by atoms with Crippen molar-refractivity contribution < 1.29 is 28.2 Å². The maximum Gasteiger partial charge on any atom is 0.341 e. The minimum absolute atomic E-state index is 0. The molecule has 0 saturated carbocycles. The third-order valence-corrected chi connectivity index (χ3v) is 7.66. The third-order valence-electron chi connectivity index (χ3n) is 6.28. The molecule has 3 aromatic heterocycles. The van der Waals surface area contributed by atoms with Gasteiger partial charge in [0, 0.05) is 31.7 Å². The second-order valence-corrected chi connectivity index (χ2v) is 11.0. The van der Waals surface area contributed by atoms with Gasteiger partial charge in [0.15, 0.2) is 0 Å². The number of anilines is 1. The Labute approximate surface area is 225 Å². The molecule has 0 bridgehead atoms. The number of alkyl halides is 2. The van der Waals surface area contributed by atoms with Gasteiger partial charge in [-0.15, -0.1) is 0 Å². The predicted molar refractivity (Wildman–Crippen MR) is 143 cm³/mol. The van der Waals surface area contributed by atoms with Crippen molar-refractivity contribution in [2.75, 3.05) is 24.6 Å². The second kappa shape index (κ2) is 11.0. The van der Waals surface area contributed by atoms with E-state index < -0.39 is 26.4 Å². The molecule has 1 fully saturated rings. The number of nitrogens with zero attached hydrogens (tertiary/aromatic N) is 4. The van der Waals surface area contributed by atoms with Gasteiger partial charge >= 0.3 is 5.76 Å². The van der Waals surface area contributed by atoms with Crippen LogP contribution in [-0.2, 0) is 21.1 Å². The van der Waals surface area contributed by atoms with Gasteiger partial charge in [0.1, 0.15) is 5.82 Å². The molecule has 39 heavy (non-hydrogen) atoms. The van der Waals surface area contributed by atoms with Crippen molar-refractivity contribution in [1.29, 1.82) is 0 Å². The molecule has 12 heteroatoms. The van der Waals surface area contributed by atoms with E-state index in [9.17, 15) is 22.0 Å². The Morgan fingerprint density at radius 2 is 1.92 bits per heavy atom. The molecule has 1 aromatic carbocycles. The van der Waals surface area contributed by atoms with Crippen LogP contribution in [0.2, 0.25) is 0 Å². The Kier molecular flexibility index (Phi) is 7.49. The smallest absolute Gasteiger partial charge is 0.341 e. The standard InChI is InChI=1S/C27H25F2N5O4S.H2/c1-17-16-34(10-11-38-17)25-7-3-6-22(33-25)23-9-8-19-14-30-20(13-24(19)32-23)15-31-26(35)18-4-2-5-21(12-18)39(36,37)27(28)29;/h2-9,12-14,17,27H,10-11,15-16H2,1H3,(H,31,35);1H/t17-;/m0./s1. The lowest BCUT2D eigenvalue weighted by atomic mass is 10.1. The van der Waals surface area contributed by atoms with Crippen LogP contribution in [0.25, 0.3) is 22.3 Å². The lowest BCUT2D eigenvalue weighted by molar-refractivity contribution is 0.0529. The van der Waals surface area contributed by atoms with Crippen molar-refractivity contribution in [2.45, 2.75) is 30.2 Å². The molecule has 204 valence electrons. The Hall–Kier alpha value is -4.03. The number of fused-ring (bicyclic) bond motifs is 1. The predicted octanol–water partition coefficient (Wildman–Crippen LogP) is 4.09. The normalized spacial score (nSPS) is 16.0. The van der Waals surface area contributed by atoms with E-state index in [1.807, 2.05) is 37.3 Å². The van der Waals surface area contributed by atoms with Gasteiger partial charge in [-0.05, 0) is 55.5 Å². The summed E-state index contributed by atoms with van der Waals surface area (Å²) >= 11 is 0. The van der Waals surface area contributed by atoms with Gasteiger partial charge in [-0.3, -0.25) is 9.78 Å². The fraction of sp³-hybridized carbons (Fsp3) is 0.259. The summed E-state index contributed by atoms with van der Waals surface area (Å²) in [6.07, 6.45) is 1.77. The summed E-state index contributed by atoms with van der Waals surface area (Å²) in [5.41, 5.74) is 2.52. The van der Waals surface area contributed by atoms with Gasteiger partial charge in [0.2, 0.25) is 9.84 Å². The number of benzene rings is 1. The lowest BCUT2D eigenvalue weighted by Crippen LogP contribution is -2.41. The number of carbonyl (C=O) groups is 1. The summed E-state index contributed by atoms with van der Waals surface area (Å²) in [4.78, 5) is 28.1. The maximum atomic E-state index is 12.9. The number of pyridine rings is 3. The zero-order valence-corrected chi connectivity index (χ0v) is 21.7. The first-order chi connectivity index (χ1) is 18.7. The second-order valence-electron chi connectivity index (χ2n) is 9.09. The molecule has 1 N–H and O–H groups in total. The van der Waals surface area contributed by atoms with Gasteiger partial charge in [0.25, 0.3) is 5.91 Å². The van der Waals surface area contributed by atoms with Crippen molar-refractivity contribution in [3.8, 4) is 11.4 Å². The molecule has 0 unspecified atom stereocenters. The van der Waals surface area contributed by atoms with Gasteiger partial charge in [-0.25, -0.2) is 18.4 Å². The topological polar surface area (TPSA) is 114 Å². The van der Waals surface area contributed by atoms with E-state index in [2.05, 4.69) is 15.2 Å². The van der Waals surface area contributed by atoms with Crippen molar-refractivity contribution in [2.24, 2.45) is 0 Å². The zero-order valence-electron chi connectivity index (χ0n) is 20.9. The van der Waals surface area contributed by atoms with Crippen LogP contribution in [0.4, 0.5) is 14.6 Å². The van der Waals surface area contributed by atoms with Crippen LogP contribution in [0.5, 0.6) is 0 Å². The molecule has 1 amide bonds. The molecule has 0 radical (unpaired) electrons. The zero-order chi connectivity index (χ0) is 27.6. The highest BCUT2D eigenvalue weighted by molar-refractivity contribution is 7.91. The van der Waals surface area contributed by atoms with E-state index in [1.165, 1.54) is 12.1 Å². The Morgan fingerprint density at radius 3 is 2.72 bits per heavy atom. The molecule has 1 aliphatic rings. The van der Waals surface area contributed by atoms with Crippen LogP contribution in [0.3, 0.4) is 0 Å². The van der Waals surface area contributed by atoms with E-state index >= 15 is 0 Å². The summed E-state index contributed by atoms with van der Waals surface area (Å²) in [5, 5.41) is 3.44. The fourth-order valence-electron chi connectivity index (χ4n) is 4.26. The van der Waals surface area contributed by atoms with E-state index in [0.717, 1.165) is 42.1 Å². The highest BCUT2D eigenvalue weighted by Gasteiger charge is 2.27. The quantitative estimate of drug-likeness (QED) is 0.363. The number of aromatic nitrogens is 3. The van der Waals surface area contributed by atoms with Crippen molar-refractivity contribution in [3.63, 3.8) is 0 Å². The molecular formula is C27H27F2N5O4S. The number of ether oxygens (including phenoxy) is 1. The molecule has 1 atom stereocenters. The Balaban J connectivity index is 0.00000370. The van der Waals surface area contributed by atoms with Gasteiger partial charge in [-0.1, -0.05) is 12.1 Å². The Morgan fingerprint density at radius 1 is 1.13 bits per heavy atom. The average molecular weight is 556 g/mol. The number of halogens is 2. The SMILES string of the molecule is C[C@H]1CN(c2cccc(-c3ccc4cnc(CNC(=O)c5cccc(S(=O)(=O)C(F)F)c5)cc4n3)n2)CCO1.[HH]. The fourth-order valence-corrected chi connectivity index (χ4v) is 5.02. The number of nitrogens with one attached hydrogen (secondary N) is 1. The summed E-state index contributed by atoms with van der Waals surface area (Å²) in [6, 6.07) is 15.9. The third kappa shape index (κ3) is 5.86. The first kappa shape index (κ1) is 26.6. The molecule has 1 saturated heterocycles. The summed E-state index contributed by atoms with van der Waals surface area (Å²) in [5.74, 6) is -3.34. The number of rotatable bonds is 7. The summed E-state index contributed by atoms with van der Waals surface area (Å²) in [7, 11) is -4.81. The highest BCUT2D eigenvalue weighted by Crippen LogP contribution is 2.24. The maximum absolute atomic E-state index is 12.9. The van der Waals surface area contributed by atoms with Crippen molar-refractivity contribution in [1.82, 2.24) is 20.3 Å². The Bertz CT molecular complexity index is 1640. The first-order valence-corrected chi connectivity index (χ1v) is 13.8. The summed E-state index contributed by atoms with van der Waals surface area (Å²) in [6.45, 7) is 4.22. The van der Waals surface area contributed by atoms with E-state index in [4.69, 9.17) is 14.7 Å². The molecule has 0 spiro atoms.